The van der Waals surface area contributed by atoms with Crippen LogP contribution in [0.3, 0.4) is 0 Å². The molecule has 0 amide bonds. The molecule has 1 fully saturated rings. The number of nitrogens with zero attached hydrogens (tertiary/aromatic N) is 2. The van der Waals surface area contributed by atoms with E-state index in [4.69, 9.17) is 5.11 Å². The molecule has 1 aromatic carbocycles. The Balaban J connectivity index is 2.02. The van der Waals surface area contributed by atoms with E-state index >= 15 is 0 Å². The topological polar surface area (TPSA) is 26.7 Å². The Morgan fingerprint density at radius 1 is 1.41 bits per heavy atom. The van der Waals surface area contributed by atoms with Crippen molar-refractivity contribution in [2.45, 2.75) is 19.5 Å². The average molecular weight is 238 g/mol. The lowest BCUT2D eigenvalue weighted by atomic mass is 10.1. The molecule has 0 radical (unpaired) electrons. The van der Waals surface area contributed by atoms with E-state index in [0.29, 0.717) is 6.04 Å². The zero-order valence-electron chi connectivity index (χ0n) is 10.4. The van der Waals surface area contributed by atoms with Crippen molar-refractivity contribution < 1.29 is 9.50 Å². The third-order valence-corrected chi connectivity index (χ3v) is 3.37. The van der Waals surface area contributed by atoms with Crippen LogP contribution >= 0.6 is 0 Å². The largest absolute Gasteiger partial charge is 0.505 e. The third kappa shape index (κ3) is 2.96. The lowest BCUT2D eigenvalue weighted by Gasteiger charge is -2.38. The molecule has 1 aliphatic rings. The Hall–Kier alpha value is -1.13. The zero-order chi connectivity index (χ0) is 12.4. The molecule has 0 saturated carbocycles. The fourth-order valence-electron chi connectivity index (χ4n) is 2.30. The molecule has 94 valence electrons. The first kappa shape index (κ1) is 12.3. The summed E-state index contributed by atoms with van der Waals surface area (Å²) in [5, 5.41) is 9.14. The molecule has 0 spiro atoms. The van der Waals surface area contributed by atoms with Crippen LogP contribution in [0.5, 0.6) is 5.75 Å². The van der Waals surface area contributed by atoms with Crippen LogP contribution in [0.1, 0.15) is 12.5 Å². The van der Waals surface area contributed by atoms with E-state index in [0.717, 1.165) is 31.7 Å². The van der Waals surface area contributed by atoms with Gasteiger partial charge < -0.3 is 10.0 Å². The predicted octanol–water partition coefficient (Wildman–Crippen LogP) is 1.67. The molecule has 1 atom stereocenters. The van der Waals surface area contributed by atoms with E-state index in [1.54, 1.807) is 6.07 Å². The van der Waals surface area contributed by atoms with E-state index in [9.17, 15) is 4.39 Å². The summed E-state index contributed by atoms with van der Waals surface area (Å²) in [6.07, 6.45) is 0. The number of piperazine rings is 1. The summed E-state index contributed by atoms with van der Waals surface area (Å²) >= 11 is 0. The van der Waals surface area contributed by atoms with Gasteiger partial charge in [0.05, 0.1) is 0 Å². The summed E-state index contributed by atoms with van der Waals surface area (Å²) in [4.78, 5) is 4.64. The molecule has 1 N–H and O–H groups in total. The van der Waals surface area contributed by atoms with Gasteiger partial charge in [-0.25, -0.2) is 4.39 Å². The van der Waals surface area contributed by atoms with Crippen LogP contribution in [0, 0.1) is 5.82 Å². The number of phenolic OH excluding ortho intramolecular Hbond substituents is 1. The third-order valence-electron chi connectivity index (χ3n) is 3.37. The minimum absolute atomic E-state index is 0.278. The fourth-order valence-corrected chi connectivity index (χ4v) is 2.30. The Labute approximate surface area is 101 Å². The molecule has 0 aliphatic carbocycles. The van der Waals surface area contributed by atoms with E-state index in [2.05, 4.69) is 23.8 Å². The summed E-state index contributed by atoms with van der Waals surface area (Å²) in [5.41, 5.74) is 0.914. The number of phenols is 1. The van der Waals surface area contributed by atoms with Crippen molar-refractivity contribution in [1.82, 2.24) is 9.80 Å². The average Bonchev–Trinajstić information content (AvgIpc) is 2.27. The molecule has 1 saturated heterocycles. The lowest BCUT2D eigenvalue weighted by Crippen LogP contribution is -2.49. The van der Waals surface area contributed by atoms with Crippen LogP contribution < -0.4 is 0 Å². The number of aromatic hydroxyl groups is 1. The second-order valence-electron chi connectivity index (χ2n) is 4.87. The van der Waals surface area contributed by atoms with Gasteiger partial charge >= 0.3 is 0 Å². The maximum atomic E-state index is 13.2. The quantitative estimate of drug-likeness (QED) is 0.849. The highest BCUT2D eigenvalue weighted by Gasteiger charge is 2.21. The number of halogens is 1. The Morgan fingerprint density at radius 2 is 2.18 bits per heavy atom. The molecule has 0 bridgehead atoms. The number of hydrogen-bond donors (Lipinski definition) is 1. The molecule has 1 heterocycles. The van der Waals surface area contributed by atoms with Crippen LogP contribution in [-0.4, -0.2) is 47.6 Å². The van der Waals surface area contributed by atoms with Gasteiger partial charge in [-0.15, -0.1) is 0 Å². The smallest absolute Gasteiger partial charge is 0.165 e. The summed E-state index contributed by atoms with van der Waals surface area (Å²) in [6.45, 7) is 6.02. The van der Waals surface area contributed by atoms with Crippen LogP contribution in [0.15, 0.2) is 18.2 Å². The number of likely N-dealkylation sites (N-methyl/N-ethyl adjacent to an activating group) is 1. The maximum absolute atomic E-state index is 13.2. The standard InChI is InChI=1S/C13H19FN2O/c1-10-8-15(2)5-6-16(10)9-11-3-4-13(17)12(14)7-11/h3-4,7,10,17H,5-6,8-9H2,1-2H3. The Kier molecular flexibility index (Phi) is 3.64. The molecule has 0 aromatic heterocycles. The SMILES string of the molecule is CC1CN(C)CCN1Cc1ccc(O)c(F)c1. The predicted molar refractivity (Wildman–Crippen MR) is 65.4 cm³/mol. The normalized spacial score (nSPS) is 22.9. The monoisotopic (exact) mass is 238 g/mol. The summed E-state index contributed by atoms with van der Waals surface area (Å²) < 4.78 is 13.2. The summed E-state index contributed by atoms with van der Waals surface area (Å²) in [5.74, 6) is -0.815. The second kappa shape index (κ2) is 5.02. The van der Waals surface area contributed by atoms with Gasteiger partial charge in [-0.3, -0.25) is 4.90 Å². The molecule has 1 aliphatic heterocycles. The highest BCUT2D eigenvalue weighted by atomic mass is 19.1. The minimum Gasteiger partial charge on any atom is -0.505 e. The fraction of sp³-hybridized carbons (Fsp3) is 0.538. The van der Waals surface area contributed by atoms with Gasteiger partial charge in [0, 0.05) is 32.2 Å². The molecular weight excluding hydrogens is 219 g/mol. The first-order chi connectivity index (χ1) is 8.06. The van der Waals surface area contributed by atoms with Gasteiger partial charge in [0.15, 0.2) is 11.6 Å². The van der Waals surface area contributed by atoms with E-state index in [1.807, 2.05) is 0 Å². The van der Waals surface area contributed by atoms with Crippen molar-refractivity contribution in [3.05, 3.63) is 29.6 Å². The van der Waals surface area contributed by atoms with Crippen LogP contribution in [0.4, 0.5) is 4.39 Å². The lowest BCUT2D eigenvalue weighted by molar-refractivity contribution is 0.0937. The van der Waals surface area contributed by atoms with Crippen molar-refractivity contribution in [3.63, 3.8) is 0 Å². The molecular formula is C13H19FN2O. The van der Waals surface area contributed by atoms with Crippen molar-refractivity contribution in [1.29, 1.82) is 0 Å². The van der Waals surface area contributed by atoms with Gasteiger partial charge in [-0.2, -0.15) is 0 Å². The van der Waals surface area contributed by atoms with Gasteiger partial charge in [0.2, 0.25) is 0 Å². The van der Waals surface area contributed by atoms with Crippen LogP contribution in [0.25, 0.3) is 0 Å². The molecule has 3 nitrogen and oxygen atoms in total. The number of benzene rings is 1. The van der Waals surface area contributed by atoms with Gasteiger partial charge in [0.25, 0.3) is 0 Å². The van der Waals surface area contributed by atoms with Crippen molar-refractivity contribution >= 4 is 0 Å². The maximum Gasteiger partial charge on any atom is 0.165 e. The Bertz CT molecular complexity index is 397. The first-order valence-electron chi connectivity index (χ1n) is 5.96. The van der Waals surface area contributed by atoms with Crippen LogP contribution in [0.2, 0.25) is 0 Å². The van der Waals surface area contributed by atoms with Gasteiger partial charge in [0.1, 0.15) is 0 Å². The van der Waals surface area contributed by atoms with E-state index in [1.165, 1.54) is 12.1 Å². The molecule has 17 heavy (non-hydrogen) atoms. The molecule has 1 aromatic rings. The van der Waals surface area contributed by atoms with Gasteiger partial charge in [-0.05, 0) is 31.7 Å². The van der Waals surface area contributed by atoms with E-state index < -0.39 is 5.82 Å². The molecule has 4 heteroatoms. The summed E-state index contributed by atoms with van der Waals surface area (Å²) in [6, 6.07) is 5.10. The summed E-state index contributed by atoms with van der Waals surface area (Å²) in [7, 11) is 2.12. The molecule has 2 rings (SSSR count). The second-order valence-corrected chi connectivity index (χ2v) is 4.87. The minimum atomic E-state index is -0.538. The van der Waals surface area contributed by atoms with Crippen molar-refractivity contribution in [3.8, 4) is 5.75 Å². The van der Waals surface area contributed by atoms with Gasteiger partial charge in [-0.1, -0.05) is 6.07 Å². The first-order valence-corrected chi connectivity index (χ1v) is 5.96. The molecule has 1 unspecified atom stereocenters. The van der Waals surface area contributed by atoms with Crippen LogP contribution in [-0.2, 0) is 6.54 Å². The Morgan fingerprint density at radius 3 is 2.82 bits per heavy atom. The number of hydrogen-bond acceptors (Lipinski definition) is 3. The van der Waals surface area contributed by atoms with Crippen molar-refractivity contribution in [2.75, 3.05) is 26.7 Å². The zero-order valence-corrected chi connectivity index (χ0v) is 10.4. The van der Waals surface area contributed by atoms with E-state index in [-0.39, 0.29) is 5.75 Å². The van der Waals surface area contributed by atoms with Crippen molar-refractivity contribution in [2.24, 2.45) is 0 Å². The number of rotatable bonds is 2. The highest BCUT2D eigenvalue weighted by Crippen LogP contribution is 2.19. The highest BCUT2D eigenvalue weighted by molar-refractivity contribution is 5.28.